The van der Waals surface area contributed by atoms with Crippen LogP contribution in [-0.4, -0.2) is 22.1 Å². The van der Waals surface area contributed by atoms with E-state index in [2.05, 4.69) is 0 Å². The van der Waals surface area contributed by atoms with Crippen LogP contribution in [0.25, 0.3) is 0 Å². The molecule has 1 saturated heterocycles. The molecule has 4 nitrogen and oxygen atoms in total. The largest absolute Gasteiger partial charge is 0.281 e. The van der Waals surface area contributed by atoms with Gasteiger partial charge in [0.05, 0.1) is 0 Å². The first-order valence-electron chi connectivity index (χ1n) is 2.51. The highest BCUT2D eigenvalue weighted by molar-refractivity contribution is 5.82. The molecule has 0 aromatic rings. The van der Waals surface area contributed by atoms with E-state index in [1.54, 1.807) is 0 Å². The molecule has 0 saturated carbocycles. The molecule has 1 amide bonds. The molecule has 0 spiro atoms. The van der Waals surface area contributed by atoms with Crippen LogP contribution in [0.4, 0.5) is 0 Å². The Morgan fingerprint density at radius 2 is 2.22 bits per heavy atom. The molecule has 9 heavy (non-hydrogen) atoms. The fourth-order valence-electron chi connectivity index (χ4n) is 0.682. The van der Waals surface area contributed by atoms with Crippen LogP contribution in [0.15, 0.2) is 5.70 Å². The fourth-order valence-corrected chi connectivity index (χ4v) is 0.682. The van der Waals surface area contributed by atoms with Gasteiger partial charge in [-0.1, -0.05) is 0 Å². The molecule has 1 aliphatic heterocycles. The van der Waals surface area contributed by atoms with Crippen LogP contribution in [0.2, 0.25) is 0 Å². The maximum atomic E-state index is 10.4. The molecule has 0 aliphatic carbocycles. The highest BCUT2D eigenvalue weighted by atomic mass is 16.5. The number of nitrogens with zero attached hydrogens (tertiary/aromatic N) is 1. The van der Waals surface area contributed by atoms with Gasteiger partial charge in [-0.05, 0) is 0 Å². The zero-order valence-corrected chi connectivity index (χ0v) is 4.63. The van der Waals surface area contributed by atoms with Crippen molar-refractivity contribution < 1.29 is 14.8 Å². The second-order valence-corrected chi connectivity index (χ2v) is 1.75. The van der Waals surface area contributed by atoms with Gasteiger partial charge in [-0.2, -0.15) is 5.06 Å². The molecule has 1 N–H and O–H groups in total. The molecule has 48 valence electrons. The number of hydrogen-bond acceptors (Lipinski definition) is 3. The lowest BCUT2D eigenvalue weighted by Gasteiger charge is -2.01. The van der Waals surface area contributed by atoms with E-state index in [0.29, 0.717) is 11.5 Å². The zero-order valence-electron chi connectivity index (χ0n) is 4.63. The Hall–Kier alpha value is -1.12. The number of carbonyl (C=O) groups is 1. The minimum absolute atomic E-state index is 0.0278. The normalized spacial score (nSPS) is 18.6. The van der Waals surface area contributed by atoms with Crippen LogP contribution in [0.1, 0.15) is 12.8 Å². The maximum Gasteiger partial charge on any atom is 0.251 e. The molecule has 4 heteroatoms. The summed E-state index contributed by atoms with van der Waals surface area (Å²) in [5, 5.41) is 9.00. The third kappa shape index (κ3) is 0.850. The van der Waals surface area contributed by atoms with Gasteiger partial charge in [0.25, 0.3) is 5.91 Å². The van der Waals surface area contributed by atoms with Crippen molar-refractivity contribution in [1.82, 2.24) is 5.06 Å². The van der Waals surface area contributed by atoms with E-state index in [1.807, 2.05) is 0 Å². The summed E-state index contributed by atoms with van der Waals surface area (Å²) >= 11 is 0. The van der Waals surface area contributed by atoms with Gasteiger partial charge in [-0.25, -0.2) is 4.79 Å². The second kappa shape index (κ2) is 2.01. The highest BCUT2D eigenvalue weighted by Gasteiger charge is 2.24. The molecule has 0 radical (unpaired) electrons. The Kier molecular flexibility index (Phi) is 1.34. The van der Waals surface area contributed by atoms with Crippen molar-refractivity contribution in [1.29, 1.82) is 0 Å². The average molecular weight is 127 g/mol. The van der Waals surface area contributed by atoms with Crippen LogP contribution >= 0.6 is 0 Å². The SMILES string of the molecule is O=C=C1CCC(=O)N1O. The number of hydrogen-bond donors (Lipinski definition) is 1. The van der Waals surface area contributed by atoms with Gasteiger partial charge < -0.3 is 0 Å². The monoisotopic (exact) mass is 127 g/mol. The van der Waals surface area contributed by atoms with Gasteiger partial charge >= 0.3 is 0 Å². The third-order valence-electron chi connectivity index (χ3n) is 1.19. The lowest BCUT2D eigenvalue weighted by atomic mass is 10.3. The molecular weight excluding hydrogens is 122 g/mol. The van der Waals surface area contributed by atoms with Gasteiger partial charge in [0.2, 0.25) is 0 Å². The molecule has 0 unspecified atom stereocenters. The van der Waals surface area contributed by atoms with Crippen LogP contribution < -0.4 is 0 Å². The number of amides is 1. The van der Waals surface area contributed by atoms with Crippen molar-refractivity contribution in [2.24, 2.45) is 0 Å². The van der Waals surface area contributed by atoms with E-state index in [4.69, 9.17) is 5.21 Å². The Morgan fingerprint density at radius 1 is 1.56 bits per heavy atom. The summed E-state index contributed by atoms with van der Waals surface area (Å²) in [6.07, 6.45) is 0.514. The molecule has 0 aromatic heterocycles. The molecular formula is C5H5NO3. The van der Waals surface area contributed by atoms with Crippen molar-refractivity contribution in [2.75, 3.05) is 0 Å². The number of allylic oxidation sites excluding steroid dienone is 1. The minimum atomic E-state index is -0.437. The van der Waals surface area contributed by atoms with Gasteiger partial charge in [-0.15, -0.1) is 0 Å². The summed E-state index contributed by atoms with van der Waals surface area (Å²) in [4.78, 5) is 20.3. The van der Waals surface area contributed by atoms with Gasteiger partial charge in [0, 0.05) is 12.8 Å². The molecule has 1 fully saturated rings. The molecule has 1 rings (SSSR count). The van der Waals surface area contributed by atoms with Gasteiger partial charge in [-0.3, -0.25) is 10.0 Å². The van der Waals surface area contributed by atoms with Crippen LogP contribution in [0.3, 0.4) is 0 Å². The predicted octanol–water partition coefficient (Wildman–Crippen LogP) is -0.287. The molecule has 1 heterocycles. The van der Waals surface area contributed by atoms with Crippen molar-refractivity contribution in [3.8, 4) is 0 Å². The van der Waals surface area contributed by atoms with Crippen molar-refractivity contribution in [2.45, 2.75) is 12.8 Å². The summed E-state index contributed by atoms with van der Waals surface area (Å²) in [7, 11) is 0. The lowest BCUT2D eigenvalue weighted by Crippen LogP contribution is -2.18. The topological polar surface area (TPSA) is 57.6 Å². The average Bonchev–Trinajstić information content (AvgIpc) is 2.15. The molecule has 0 bridgehead atoms. The lowest BCUT2D eigenvalue weighted by molar-refractivity contribution is -0.151. The standard InChI is InChI=1S/C5H5NO3/c7-3-4-1-2-5(8)6(4)9/h9H,1-2H2. The predicted molar refractivity (Wildman–Crippen MR) is 27.1 cm³/mol. The third-order valence-corrected chi connectivity index (χ3v) is 1.19. The van der Waals surface area contributed by atoms with E-state index in [0.717, 1.165) is 0 Å². The fraction of sp³-hybridized carbons (Fsp3) is 0.400. The Balaban J connectivity index is 2.85. The smallest absolute Gasteiger partial charge is 0.251 e. The molecule has 0 atom stereocenters. The summed E-state index contributed by atoms with van der Waals surface area (Å²) in [6, 6.07) is 0. The summed E-state index contributed by atoms with van der Waals surface area (Å²) in [5.74, 6) is 1.03. The minimum Gasteiger partial charge on any atom is -0.281 e. The maximum absolute atomic E-state index is 10.4. The quantitative estimate of drug-likeness (QED) is 0.359. The van der Waals surface area contributed by atoms with Crippen molar-refractivity contribution >= 4 is 11.8 Å². The first kappa shape index (κ1) is 6.01. The van der Waals surface area contributed by atoms with E-state index in [9.17, 15) is 9.59 Å². The Bertz CT molecular complexity index is 192. The zero-order chi connectivity index (χ0) is 6.85. The summed E-state index contributed by atoms with van der Waals surface area (Å²) < 4.78 is 0. The molecule has 0 aromatic carbocycles. The number of carbonyl (C=O) groups excluding carboxylic acids is 2. The van der Waals surface area contributed by atoms with Gasteiger partial charge in [0.1, 0.15) is 11.6 Å². The van der Waals surface area contributed by atoms with Gasteiger partial charge in [0.15, 0.2) is 0 Å². The molecule has 1 aliphatic rings. The van der Waals surface area contributed by atoms with Crippen LogP contribution in [0.5, 0.6) is 0 Å². The van der Waals surface area contributed by atoms with Crippen LogP contribution in [-0.2, 0) is 9.59 Å². The highest BCUT2D eigenvalue weighted by Crippen LogP contribution is 2.16. The summed E-state index contributed by atoms with van der Waals surface area (Å²) in [6.45, 7) is 0. The van der Waals surface area contributed by atoms with E-state index < -0.39 is 5.91 Å². The first-order chi connectivity index (χ1) is 4.25. The van der Waals surface area contributed by atoms with Crippen molar-refractivity contribution in [3.05, 3.63) is 5.70 Å². The summed E-state index contributed by atoms with van der Waals surface area (Å²) in [5.41, 5.74) is 0.0278. The first-order valence-corrected chi connectivity index (χ1v) is 2.51. The Morgan fingerprint density at radius 3 is 2.44 bits per heavy atom. The second-order valence-electron chi connectivity index (χ2n) is 1.75. The van der Waals surface area contributed by atoms with E-state index >= 15 is 0 Å². The number of rotatable bonds is 0. The Labute approximate surface area is 51.3 Å². The van der Waals surface area contributed by atoms with E-state index in [-0.39, 0.29) is 12.1 Å². The van der Waals surface area contributed by atoms with Crippen LogP contribution in [0, 0.1) is 0 Å². The van der Waals surface area contributed by atoms with Crippen molar-refractivity contribution in [3.63, 3.8) is 0 Å². The van der Waals surface area contributed by atoms with E-state index in [1.165, 1.54) is 5.94 Å². The number of hydroxylamine groups is 2.